The molecule has 202 valence electrons. The van der Waals surface area contributed by atoms with E-state index >= 15 is 0 Å². The summed E-state index contributed by atoms with van der Waals surface area (Å²) in [6.45, 7) is 6.50. The van der Waals surface area contributed by atoms with Gasteiger partial charge in [-0.05, 0) is 61.7 Å². The first-order chi connectivity index (χ1) is 19.3. The Labute approximate surface area is 237 Å². The lowest BCUT2D eigenvalue weighted by molar-refractivity contribution is -0.137. The molecule has 2 fully saturated rings. The van der Waals surface area contributed by atoms with Crippen molar-refractivity contribution >= 4 is 40.6 Å². The predicted molar refractivity (Wildman–Crippen MR) is 153 cm³/mol. The van der Waals surface area contributed by atoms with Gasteiger partial charge in [-0.25, -0.2) is 0 Å². The van der Waals surface area contributed by atoms with Crippen LogP contribution in [0.25, 0.3) is 0 Å². The van der Waals surface area contributed by atoms with Gasteiger partial charge >= 0.3 is 0 Å². The number of carbonyl (C=O) groups is 3. The van der Waals surface area contributed by atoms with Crippen LogP contribution in [0.1, 0.15) is 39.9 Å². The Hall–Kier alpha value is -3.94. The molecule has 4 aliphatic rings. The first kappa shape index (κ1) is 25.1. The van der Waals surface area contributed by atoms with Gasteiger partial charge in [-0.1, -0.05) is 60.7 Å². The maximum Gasteiger partial charge on any atom is 0.251 e. The zero-order valence-corrected chi connectivity index (χ0v) is 22.8. The van der Waals surface area contributed by atoms with E-state index in [1.165, 1.54) is 0 Å². The van der Waals surface area contributed by atoms with Gasteiger partial charge in [-0.15, -0.1) is 0 Å². The number of ketones is 1. The molecule has 0 aliphatic carbocycles. The van der Waals surface area contributed by atoms with E-state index in [0.29, 0.717) is 58.4 Å². The molecule has 7 nitrogen and oxygen atoms in total. The van der Waals surface area contributed by atoms with Crippen LogP contribution in [0.2, 0.25) is 5.02 Å². The molecule has 2 amide bonds. The molecule has 0 radical (unpaired) electrons. The Morgan fingerprint density at radius 2 is 1.93 bits per heavy atom. The van der Waals surface area contributed by atoms with Crippen LogP contribution in [-0.2, 0) is 20.5 Å². The Balaban J connectivity index is 1.54. The molecule has 0 saturated carbocycles. The number of aryl methyl sites for hydroxylation is 1. The highest BCUT2D eigenvalue weighted by atomic mass is 35.5. The second-order valence-corrected chi connectivity index (χ2v) is 11.4. The topological polar surface area (TPSA) is 87.7 Å². The van der Waals surface area contributed by atoms with Gasteiger partial charge in [0.2, 0.25) is 5.91 Å². The molecule has 2 saturated heterocycles. The maximum absolute atomic E-state index is 14.8. The Kier molecular flexibility index (Phi) is 5.50. The highest BCUT2D eigenvalue weighted by molar-refractivity contribution is 6.35. The van der Waals surface area contributed by atoms with Crippen LogP contribution in [0.4, 0.5) is 11.4 Å². The number of ether oxygens (including phenoxy) is 1. The second-order valence-electron chi connectivity index (χ2n) is 11.0. The molecule has 4 aliphatic heterocycles. The fourth-order valence-electron chi connectivity index (χ4n) is 7.85. The van der Waals surface area contributed by atoms with Crippen LogP contribution in [-0.4, -0.2) is 41.7 Å². The number of fused-ring (bicyclic) bond motifs is 7. The number of nitrogens with zero attached hydrogens (tertiary/aromatic N) is 1. The largest absolute Gasteiger partial charge is 0.490 e. The number of amides is 2. The number of halogens is 1. The van der Waals surface area contributed by atoms with Crippen molar-refractivity contribution in [3.05, 3.63) is 101 Å². The van der Waals surface area contributed by atoms with Gasteiger partial charge in [-0.2, -0.15) is 0 Å². The highest BCUT2D eigenvalue weighted by Crippen LogP contribution is 2.68. The molecule has 0 bridgehead atoms. The second kappa shape index (κ2) is 8.78. The Bertz CT molecular complexity index is 1640. The number of hydrogen-bond donors (Lipinski definition) is 2. The van der Waals surface area contributed by atoms with Crippen molar-refractivity contribution in [2.24, 2.45) is 5.92 Å². The Morgan fingerprint density at radius 1 is 1.10 bits per heavy atom. The van der Waals surface area contributed by atoms with Crippen molar-refractivity contribution in [2.75, 3.05) is 23.8 Å². The third-order valence-corrected chi connectivity index (χ3v) is 9.37. The summed E-state index contributed by atoms with van der Waals surface area (Å²) in [5.74, 6) is -1.15. The zero-order valence-electron chi connectivity index (χ0n) is 22.0. The molecular formula is C32H28ClN3O4. The van der Waals surface area contributed by atoms with E-state index in [-0.39, 0.29) is 23.6 Å². The molecule has 0 aromatic heterocycles. The summed E-state index contributed by atoms with van der Waals surface area (Å²) in [5, 5.41) is 6.52. The summed E-state index contributed by atoms with van der Waals surface area (Å²) in [6.07, 6.45) is 3.13. The van der Waals surface area contributed by atoms with Gasteiger partial charge < -0.3 is 15.4 Å². The van der Waals surface area contributed by atoms with E-state index in [0.717, 1.165) is 12.0 Å². The fraction of sp³-hybridized carbons (Fsp3) is 0.281. The zero-order chi connectivity index (χ0) is 27.8. The molecule has 40 heavy (non-hydrogen) atoms. The summed E-state index contributed by atoms with van der Waals surface area (Å²) in [6, 6.07) is 17.9. The van der Waals surface area contributed by atoms with Gasteiger partial charge in [0.25, 0.3) is 5.91 Å². The molecule has 7 rings (SSSR count). The Morgan fingerprint density at radius 3 is 2.75 bits per heavy atom. The van der Waals surface area contributed by atoms with Crippen molar-refractivity contribution in [3.63, 3.8) is 0 Å². The van der Waals surface area contributed by atoms with Gasteiger partial charge in [0.05, 0.1) is 16.6 Å². The quantitative estimate of drug-likeness (QED) is 0.334. The van der Waals surface area contributed by atoms with E-state index in [2.05, 4.69) is 22.1 Å². The summed E-state index contributed by atoms with van der Waals surface area (Å²) in [4.78, 5) is 46.0. The van der Waals surface area contributed by atoms with E-state index in [9.17, 15) is 14.4 Å². The minimum atomic E-state index is -1.52. The van der Waals surface area contributed by atoms with Crippen molar-refractivity contribution in [3.8, 4) is 5.75 Å². The number of carbonyl (C=O) groups excluding carboxylic acids is 3. The van der Waals surface area contributed by atoms with Gasteiger partial charge in [0.1, 0.15) is 23.3 Å². The lowest BCUT2D eigenvalue weighted by atomic mass is 9.57. The van der Waals surface area contributed by atoms with Crippen molar-refractivity contribution in [2.45, 2.75) is 36.8 Å². The maximum atomic E-state index is 14.8. The first-order valence-corrected chi connectivity index (χ1v) is 13.9. The molecule has 4 heterocycles. The van der Waals surface area contributed by atoms with Crippen LogP contribution < -0.4 is 15.4 Å². The molecule has 4 atom stereocenters. The van der Waals surface area contributed by atoms with Crippen molar-refractivity contribution in [1.29, 1.82) is 0 Å². The van der Waals surface area contributed by atoms with E-state index in [1.54, 1.807) is 30.3 Å². The molecular weight excluding hydrogens is 526 g/mol. The highest BCUT2D eigenvalue weighted by Gasteiger charge is 2.81. The van der Waals surface area contributed by atoms with Gasteiger partial charge in [0, 0.05) is 22.9 Å². The van der Waals surface area contributed by atoms with Crippen LogP contribution in [0.5, 0.6) is 5.75 Å². The van der Waals surface area contributed by atoms with Crippen LogP contribution in [0.15, 0.2) is 73.3 Å². The minimum Gasteiger partial charge on any atom is -0.490 e. The van der Waals surface area contributed by atoms with Crippen molar-refractivity contribution < 1.29 is 19.1 Å². The summed E-state index contributed by atoms with van der Waals surface area (Å²) < 4.78 is 5.73. The van der Waals surface area contributed by atoms with E-state index in [4.69, 9.17) is 16.3 Å². The van der Waals surface area contributed by atoms with Gasteiger partial charge in [-0.3, -0.25) is 19.3 Å². The van der Waals surface area contributed by atoms with Crippen LogP contribution in [0, 0.1) is 12.8 Å². The molecule has 2 N–H and O–H groups in total. The number of benzene rings is 3. The van der Waals surface area contributed by atoms with Gasteiger partial charge in [0.15, 0.2) is 5.78 Å². The SMILES string of the molecule is C=CCOc1cccc(C(=O)[C@@H]2[C@H]3CCCN3[C@@]3(C(=O)Nc4c(Cl)cc(C)cc43)[C@]23C(=O)Nc2ccccc23)c1. The summed E-state index contributed by atoms with van der Waals surface area (Å²) in [5.41, 5.74) is 0.781. The number of anilines is 2. The molecule has 0 unspecified atom stereocenters. The number of para-hydroxylation sites is 1. The lowest BCUT2D eigenvalue weighted by Crippen LogP contribution is -2.62. The summed E-state index contributed by atoms with van der Waals surface area (Å²) in [7, 11) is 0. The standard InChI is InChI=1S/C32H28ClN3O4/c1-3-14-40-20-9-6-8-19(17-20)28(37)26-25-12-7-13-36(25)32(22-15-18(2)16-23(33)27(22)35-30(32)39)31(26)21-10-4-5-11-24(21)34-29(31)38/h3-6,8-11,15-17,25-26H,1,7,12-14H2,2H3,(H,34,38)(H,35,39)/t25-,26+,31+,32+/m1/s1. The average Bonchev–Trinajstić information content (AvgIpc) is 3.66. The fourth-order valence-corrected chi connectivity index (χ4v) is 8.17. The molecule has 2 spiro atoms. The van der Waals surface area contributed by atoms with E-state index < -0.39 is 16.9 Å². The van der Waals surface area contributed by atoms with E-state index in [1.807, 2.05) is 43.3 Å². The third kappa shape index (κ3) is 2.96. The van der Waals surface area contributed by atoms with Crippen LogP contribution in [0.3, 0.4) is 0 Å². The number of nitrogens with one attached hydrogen (secondary N) is 2. The first-order valence-electron chi connectivity index (χ1n) is 13.5. The predicted octanol–water partition coefficient (Wildman–Crippen LogP) is 5.23. The number of rotatable bonds is 5. The number of hydrogen-bond acceptors (Lipinski definition) is 5. The van der Waals surface area contributed by atoms with Crippen molar-refractivity contribution in [1.82, 2.24) is 4.90 Å². The molecule has 8 heteroatoms. The average molecular weight is 554 g/mol. The third-order valence-electron chi connectivity index (χ3n) is 9.07. The lowest BCUT2D eigenvalue weighted by Gasteiger charge is -2.43. The molecule has 3 aromatic rings. The minimum absolute atomic E-state index is 0.190. The summed E-state index contributed by atoms with van der Waals surface area (Å²) >= 11 is 6.71. The smallest absolute Gasteiger partial charge is 0.251 e. The number of Topliss-reactive ketones (excluding diaryl/α,β-unsaturated/α-hetero) is 1. The monoisotopic (exact) mass is 553 g/mol. The molecule has 3 aromatic carbocycles. The van der Waals surface area contributed by atoms with Crippen LogP contribution >= 0.6 is 11.6 Å². The normalized spacial score (nSPS) is 27.9.